The number of likely N-dealkylation sites (N-methyl/N-ethyl adjacent to an activating group) is 1. The molecule has 0 radical (unpaired) electrons. The van der Waals surface area contributed by atoms with E-state index in [9.17, 15) is 13.2 Å². The Hall–Kier alpha value is -1.99. The van der Waals surface area contributed by atoms with Gasteiger partial charge in [-0.3, -0.25) is 4.79 Å². The van der Waals surface area contributed by atoms with Gasteiger partial charge >= 0.3 is 0 Å². The molecular weight excluding hydrogens is 534 g/mol. The Kier molecular flexibility index (Phi) is 11.5. The summed E-state index contributed by atoms with van der Waals surface area (Å²) in [6.45, 7) is 2.40. The number of rotatable bonds is 12. The number of sulfonamides is 1. The van der Waals surface area contributed by atoms with Crippen LogP contribution in [0.4, 0.5) is 11.6 Å². The summed E-state index contributed by atoms with van der Waals surface area (Å²) in [5.41, 5.74) is 11.2. The number of nitrogens with two attached hydrogens (primary N) is 2. The molecule has 0 fully saturated rings. The molecule has 0 saturated carbocycles. The van der Waals surface area contributed by atoms with Crippen molar-refractivity contribution in [1.29, 1.82) is 0 Å². The highest BCUT2D eigenvalue weighted by Gasteiger charge is 2.19. The second-order valence-electron chi connectivity index (χ2n) is 8.04. The van der Waals surface area contributed by atoms with Crippen molar-refractivity contribution in [2.45, 2.75) is 24.2 Å². The number of hydrogen-bond donors (Lipinski definition) is 4. The van der Waals surface area contributed by atoms with E-state index < -0.39 is 15.9 Å². The predicted octanol–water partition coefficient (Wildman–Crippen LogP) is -1.75. The van der Waals surface area contributed by atoms with E-state index in [0.717, 1.165) is 25.8 Å². The number of carbonyl (C=O) groups excluding carboxylic acids is 1. The number of carbonyl (C=O) groups is 1. The first-order chi connectivity index (χ1) is 15.0. The molecule has 0 spiro atoms. The summed E-state index contributed by atoms with van der Waals surface area (Å²) < 4.78 is 27.7. The minimum absolute atomic E-state index is 0. The van der Waals surface area contributed by atoms with Gasteiger partial charge in [0.25, 0.3) is 5.91 Å². The Morgan fingerprint density at radius 1 is 1.00 bits per heavy atom. The fourth-order valence-electron chi connectivity index (χ4n) is 3.01. The van der Waals surface area contributed by atoms with E-state index in [-0.39, 0.29) is 44.4 Å². The summed E-state index contributed by atoms with van der Waals surface area (Å²) in [6, 6.07) is 8.32. The van der Waals surface area contributed by atoms with Crippen LogP contribution in [0.25, 0.3) is 0 Å². The van der Waals surface area contributed by atoms with Crippen LogP contribution in [0.2, 0.25) is 5.15 Å². The van der Waals surface area contributed by atoms with Crippen LogP contribution < -0.4 is 38.5 Å². The van der Waals surface area contributed by atoms with E-state index in [1.807, 2.05) is 0 Å². The van der Waals surface area contributed by atoms with Gasteiger partial charge in [0, 0.05) is 6.54 Å². The first-order valence-electron chi connectivity index (χ1n) is 10.3. The van der Waals surface area contributed by atoms with E-state index in [1.54, 1.807) is 30.3 Å². The lowest BCUT2D eigenvalue weighted by atomic mass is 10.2. The number of benzene rings is 1. The molecule has 1 aromatic carbocycles. The minimum atomic E-state index is -3.45. The average molecular weight is 565 g/mol. The quantitative estimate of drug-likeness (QED) is 0.176. The molecule has 6 N–H and O–H groups in total. The summed E-state index contributed by atoms with van der Waals surface area (Å²) in [5, 5.41) is 2.71. The number of unbranched alkanes of at least 4 members (excludes halogenated alkanes) is 2. The standard InChI is InChI=1S/C20H30ClN7O3S.BrH/c1-28(2,14-12-24-20(29)16-18(22)27-19(23)17(21)26-16)13-8-4-7-11-25-32(30,31)15-9-5-3-6-10-15;/h3,5-6,9-10,25H,4,7-8,11-14H2,1-2H3,(H4-,22,23,24,27,29);1H. The van der Waals surface area contributed by atoms with Crippen molar-refractivity contribution < 1.29 is 34.7 Å². The van der Waals surface area contributed by atoms with Crippen LogP contribution in [0.1, 0.15) is 29.8 Å². The van der Waals surface area contributed by atoms with Gasteiger partial charge in [0.15, 0.2) is 22.5 Å². The normalized spacial score (nSPS) is 11.6. The SMILES string of the molecule is C[N+](C)(CCCCCNS(=O)(=O)c1ccccc1)CCNC(=O)c1nc(Cl)c(N)nc1N.[Br-]. The maximum absolute atomic E-state index is 12.3. The van der Waals surface area contributed by atoms with Gasteiger partial charge < -0.3 is 38.2 Å². The predicted molar refractivity (Wildman–Crippen MR) is 126 cm³/mol. The van der Waals surface area contributed by atoms with Gasteiger partial charge in [-0.25, -0.2) is 23.1 Å². The number of nitrogens with zero attached hydrogens (tertiary/aromatic N) is 3. The Balaban J connectivity index is 0.00000544. The van der Waals surface area contributed by atoms with Gasteiger partial charge in [0.1, 0.15) is 0 Å². The van der Waals surface area contributed by atoms with Crippen molar-refractivity contribution in [3.63, 3.8) is 0 Å². The Morgan fingerprint density at radius 2 is 1.67 bits per heavy atom. The highest BCUT2D eigenvalue weighted by Crippen LogP contribution is 2.17. The van der Waals surface area contributed by atoms with E-state index in [4.69, 9.17) is 23.1 Å². The molecule has 1 heterocycles. The largest absolute Gasteiger partial charge is 1.00 e. The molecule has 1 aromatic heterocycles. The third-order valence-electron chi connectivity index (χ3n) is 4.91. The van der Waals surface area contributed by atoms with Crippen LogP contribution in [-0.2, 0) is 10.0 Å². The lowest BCUT2D eigenvalue weighted by Gasteiger charge is -2.30. The third kappa shape index (κ3) is 9.41. The summed E-state index contributed by atoms with van der Waals surface area (Å²) in [6.07, 6.45) is 2.57. The van der Waals surface area contributed by atoms with Crippen LogP contribution in [0.15, 0.2) is 35.2 Å². The van der Waals surface area contributed by atoms with Gasteiger partial charge in [0.2, 0.25) is 10.0 Å². The molecule has 184 valence electrons. The van der Waals surface area contributed by atoms with E-state index in [0.29, 0.717) is 24.1 Å². The van der Waals surface area contributed by atoms with Crippen molar-refractivity contribution in [3.05, 3.63) is 41.2 Å². The fourth-order valence-corrected chi connectivity index (χ4v) is 4.23. The highest BCUT2D eigenvalue weighted by atomic mass is 79.9. The van der Waals surface area contributed by atoms with Crippen LogP contribution in [0, 0.1) is 0 Å². The van der Waals surface area contributed by atoms with Crippen molar-refractivity contribution in [1.82, 2.24) is 20.0 Å². The van der Waals surface area contributed by atoms with Crippen molar-refractivity contribution in [2.24, 2.45) is 0 Å². The zero-order valence-corrected chi connectivity index (χ0v) is 21.9. The Labute approximate surface area is 210 Å². The zero-order chi connectivity index (χ0) is 23.8. The lowest BCUT2D eigenvalue weighted by Crippen LogP contribution is -3.00. The molecule has 0 aliphatic heterocycles. The summed E-state index contributed by atoms with van der Waals surface area (Å²) in [4.78, 5) is 20.2. The molecule has 0 atom stereocenters. The molecule has 33 heavy (non-hydrogen) atoms. The van der Waals surface area contributed by atoms with Crippen molar-refractivity contribution >= 4 is 39.2 Å². The smallest absolute Gasteiger partial charge is 0.273 e. The molecule has 10 nitrogen and oxygen atoms in total. The van der Waals surface area contributed by atoms with E-state index >= 15 is 0 Å². The van der Waals surface area contributed by atoms with E-state index in [2.05, 4.69) is 34.1 Å². The second-order valence-corrected chi connectivity index (χ2v) is 10.2. The Morgan fingerprint density at radius 3 is 2.33 bits per heavy atom. The number of anilines is 2. The van der Waals surface area contributed by atoms with Crippen LogP contribution in [-0.4, -0.2) is 69.1 Å². The summed E-state index contributed by atoms with van der Waals surface area (Å²) in [5.74, 6) is -0.546. The first-order valence-corrected chi connectivity index (χ1v) is 12.1. The molecule has 0 saturated heterocycles. The van der Waals surface area contributed by atoms with E-state index in [1.165, 1.54) is 0 Å². The molecule has 0 bridgehead atoms. The topological polar surface area (TPSA) is 153 Å². The van der Waals surface area contributed by atoms with Gasteiger partial charge in [-0.05, 0) is 31.4 Å². The molecule has 1 amide bonds. The molecule has 0 aliphatic carbocycles. The number of amides is 1. The molecule has 0 aliphatic rings. The van der Waals surface area contributed by atoms with Crippen molar-refractivity contribution in [2.75, 3.05) is 51.7 Å². The zero-order valence-electron chi connectivity index (χ0n) is 18.7. The third-order valence-corrected chi connectivity index (χ3v) is 6.66. The Bertz CT molecular complexity index is 1020. The lowest BCUT2D eigenvalue weighted by molar-refractivity contribution is -0.889. The number of nitrogens with one attached hydrogen (secondary N) is 2. The molecular formula is C20H31BrClN7O3S. The number of aromatic nitrogens is 2. The maximum Gasteiger partial charge on any atom is 0.273 e. The summed E-state index contributed by atoms with van der Waals surface area (Å²) in [7, 11) is 0.681. The number of halogens is 2. The second kappa shape index (κ2) is 13.0. The first kappa shape index (κ1) is 29.0. The highest BCUT2D eigenvalue weighted by molar-refractivity contribution is 7.89. The molecule has 2 aromatic rings. The van der Waals surface area contributed by atoms with Crippen molar-refractivity contribution in [3.8, 4) is 0 Å². The molecule has 0 unspecified atom stereocenters. The van der Waals surface area contributed by atoms with Gasteiger partial charge in [-0.1, -0.05) is 29.8 Å². The molecule has 13 heteroatoms. The summed E-state index contributed by atoms with van der Waals surface area (Å²) >= 11 is 5.81. The monoisotopic (exact) mass is 563 g/mol. The van der Waals surface area contributed by atoms with Crippen LogP contribution in [0.3, 0.4) is 0 Å². The number of nitrogen functional groups attached to an aromatic ring is 2. The van der Waals surface area contributed by atoms with Gasteiger partial charge in [-0.15, -0.1) is 0 Å². The van der Waals surface area contributed by atoms with Gasteiger partial charge in [0.05, 0.1) is 38.6 Å². The average Bonchev–Trinajstić information content (AvgIpc) is 2.73. The van der Waals surface area contributed by atoms with Crippen LogP contribution in [0.5, 0.6) is 0 Å². The minimum Gasteiger partial charge on any atom is -1.00 e. The molecule has 2 rings (SSSR count). The maximum atomic E-state index is 12.3. The van der Waals surface area contributed by atoms with Gasteiger partial charge in [-0.2, -0.15) is 0 Å². The number of hydrogen-bond acceptors (Lipinski definition) is 7. The fraction of sp³-hybridized carbons (Fsp3) is 0.450. The van der Waals surface area contributed by atoms with Crippen LogP contribution >= 0.6 is 11.6 Å². The number of quaternary nitrogens is 1.